The summed E-state index contributed by atoms with van der Waals surface area (Å²) in [6.45, 7) is 2.63. The van der Waals surface area contributed by atoms with Crippen LogP contribution in [0.4, 0.5) is 5.69 Å². The van der Waals surface area contributed by atoms with E-state index in [9.17, 15) is 4.79 Å². The second kappa shape index (κ2) is 10.8. The summed E-state index contributed by atoms with van der Waals surface area (Å²) < 4.78 is 0. The highest BCUT2D eigenvalue weighted by Crippen LogP contribution is 2.23. The second-order valence-corrected chi connectivity index (χ2v) is 7.80. The summed E-state index contributed by atoms with van der Waals surface area (Å²) >= 11 is 6.11. The number of hydrogen-bond donors (Lipinski definition) is 2. The molecule has 1 saturated heterocycles. The number of carbonyl (C=O) groups is 1. The number of aromatic nitrogens is 1. The predicted octanol–water partition coefficient (Wildman–Crippen LogP) is 2.18. The van der Waals surface area contributed by atoms with Crippen LogP contribution in [0, 0.1) is 0 Å². The molecular weight excluding hydrogens is 400 g/mol. The molecule has 2 N–H and O–H groups in total. The number of hydrogen-bond acceptors (Lipinski definition) is 4. The molecule has 1 fully saturated rings. The molecule has 30 heavy (non-hydrogen) atoms. The molecule has 1 unspecified atom stereocenters. The lowest BCUT2D eigenvalue weighted by Gasteiger charge is -2.21. The predicted molar refractivity (Wildman–Crippen MR) is 122 cm³/mol. The van der Waals surface area contributed by atoms with Gasteiger partial charge in [-0.1, -0.05) is 23.7 Å². The van der Waals surface area contributed by atoms with E-state index >= 15 is 0 Å². The highest BCUT2D eigenvalue weighted by molar-refractivity contribution is 6.30. The van der Waals surface area contributed by atoms with E-state index in [0.29, 0.717) is 12.5 Å². The number of nitrogens with zero attached hydrogens (tertiary/aromatic N) is 4. The Kier molecular flexibility index (Phi) is 7.90. The Morgan fingerprint density at radius 2 is 2.20 bits per heavy atom. The standard InChI is InChI=1S/C22H29ClN6O/c1-24-22(26-15-21(30)28(2)12-9-18-7-3-4-11-25-18)27-19-10-13-29(16-19)20-8-5-6-17(23)14-20/h3-8,11,14,19H,9-10,12-13,15-16H2,1-2H3,(H2,24,26,27). The lowest BCUT2D eigenvalue weighted by atomic mass is 10.2. The Labute approximate surface area is 183 Å². The molecule has 160 valence electrons. The average Bonchev–Trinajstić information content (AvgIpc) is 3.24. The molecule has 1 aromatic heterocycles. The van der Waals surface area contributed by atoms with Gasteiger partial charge in [0.2, 0.25) is 5.91 Å². The SMILES string of the molecule is CN=C(NCC(=O)N(C)CCc1ccccn1)NC1CCN(c2cccc(Cl)c2)C1. The van der Waals surface area contributed by atoms with E-state index in [2.05, 4.69) is 31.6 Å². The second-order valence-electron chi connectivity index (χ2n) is 7.37. The molecule has 0 bridgehead atoms. The van der Waals surface area contributed by atoms with E-state index in [1.165, 1.54) is 0 Å². The first-order chi connectivity index (χ1) is 14.5. The molecule has 1 aromatic carbocycles. The molecule has 0 radical (unpaired) electrons. The summed E-state index contributed by atoms with van der Waals surface area (Å²) in [5, 5.41) is 7.29. The van der Waals surface area contributed by atoms with Crippen LogP contribution in [0.1, 0.15) is 12.1 Å². The van der Waals surface area contributed by atoms with Crippen molar-refractivity contribution < 1.29 is 4.79 Å². The van der Waals surface area contributed by atoms with Crippen molar-refractivity contribution in [1.82, 2.24) is 20.5 Å². The van der Waals surface area contributed by atoms with E-state index in [-0.39, 0.29) is 18.5 Å². The fourth-order valence-electron chi connectivity index (χ4n) is 3.42. The maximum atomic E-state index is 12.4. The lowest BCUT2D eigenvalue weighted by Crippen LogP contribution is -2.48. The van der Waals surface area contributed by atoms with Crippen molar-refractivity contribution >= 4 is 29.2 Å². The summed E-state index contributed by atoms with van der Waals surface area (Å²) in [5.74, 6) is 0.653. The number of aliphatic imine (C=N–C) groups is 1. The van der Waals surface area contributed by atoms with Crippen molar-refractivity contribution in [2.75, 3.05) is 45.2 Å². The summed E-state index contributed by atoms with van der Waals surface area (Å²) in [6, 6.07) is 14.0. The topological polar surface area (TPSA) is 72.9 Å². The number of anilines is 1. The number of amides is 1. The Balaban J connectivity index is 1.41. The zero-order valence-corrected chi connectivity index (χ0v) is 18.3. The summed E-state index contributed by atoms with van der Waals surface area (Å²) in [7, 11) is 3.53. The first-order valence-corrected chi connectivity index (χ1v) is 10.5. The maximum absolute atomic E-state index is 12.4. The van der Waals surface area contributed by atoms with Crippen molar-refractivity contribution in [2.45, 2.75) is 18.9 Å². The first kappa shape index (κ1) is 21.9. The van der Waals surface area contributed by atoms with E-state index in [1.807, 2.05) is 43.4 Å². The van der Waals surface area contributed by atoms with E-state index in [0.717, 1.165) is 42.3 Å². The van der Waals surface area contributed by atoms with Crippen LogP contribution in [0.3, 0.4) is 0 Å². The number of carbonyl (C=O) groups excluding carboxylic acids is 1. The molecule has 0 spiro atoms. The third kappa shape index (κ3) is 6.35. The van der Waals surface area contributed by atoms with Gasteiger partial charge < -0.3 is 20.4 Å². The van der Waals surface area contributed by atoms with Gasteiger partial charge in [-0.25, -0.2) is 0 Å². The molecule has 0 saturated carbocycles. The number of pyridine rings is 1. The maximum Gasteiger partial charge on any atom is 0.241 e. The van der Waals surface area contributed by atoms with Crippen molar-refractivity contribution in [3.8, 4) is 0 Å². The first-order valence-electron chi connectivity index (χ1n) is 10.2. The molecule has 1 amide bonds. The number of nitrogens with one attached hydrogen (secondary N) is 2. The van der Waals surface area contributed by atoms with Crippen molar-refractivity contribution in [3.05, 3.63) is 59.4 Å². The Hall–Kier alpha value is -2.80. The molecular formula is C22H29ClN6O. The van der Waals surface area contributed by atoms with Gasteiger partial charge in [-0.2, -0.15) is 0 Å². The van der Waals surface area contributed by atoms with Gasteiger partial charge in [-0.15, -0.1) is 0 Å². The molecule has 2 heterocycles. The minimum atomic E-state index is 0.0147. The minimum absolute atomic E-state index is 0.0147. The molecule has 1 aliphatic heterocycles. The number of guanidine groups is 1. The number of rotatable bonds is 7. The monoisotopic (exact) mass is 428 g/mol. The molecule has 1 atom stereocenters. The zero-order chi connectivity index (χ0) is 21.3. The summed E-state index contributed by atoms with van der Waals surface area (Å²) in [6.07, 6.45) is 3.49. The van der Waals surface area contributed by atoms with Gasteiger partial charge in [0, 0.05) is 68.8 Å². The lowest BCUT2D eigenvalue weighted by molar-refractivity contribution is -0.128. The van der Waals surface area contributed by atoms with Gasteiger partial charge in [0.1, 0.15) is 0 Å². The van der Waals surface area contributed by atoms with Crippen LogP contribution < -0.4 is 15.5 Å². The molecule has 7 nitrogen and oxygen atoms in total. The van der Waals surface area contributed by atoms with Gasteiger partial charge in [0.05, 0.1) is 6.54 Å². The van der Waals surface area contributed by atoms with Gasteiger partial charge in [-0.05, 0) is 36.8 Å². The van der Waals surface area contributed by atoms with Crippen molar-refractivity contribution in [3.63, 3.8) is 0 Å². The van der Waals surface area contributed by atoms with Crippen LogP contribution in [0.5, 0.6) is 0 Å². The fourth-order valence-corrected chi connectivity index (χ4v) is 3.61. The van der Waals surface area contributed by atoms with Crippen LogP contribution in [-0.4, -0.2) is 68.1 Å². The third-order valence-electron chi connectivity index (χ3n) is 5.19. The average molecular weight is 429 g/mol. The van der Waals surface area contributed by atoms with Crippen molar-refractivity contribution in [2.24, 2.45) is 4.99 Å². The molecule has 2 aromatic rings. The van der Waals surface area contributed by atoms with Crippen LogP contribution in [0.2, 0.25) is 5.02 Å². The third-order valence-corrected chi connectivity index (χ3v) is 5.42. The van der Waals surface area contributed by atoms with Crippen LogP contribution in [-0.2, 0) is 11.2 Å². The molecule has 1 aliphatic rings. The number of halogens is 1. The summed E-state index contributed by atoms with van der Waals surface area (Å²) in [5.41, 5.74) is 2.10. The molecule has 3 rings (SSSR count). The van der Waals surface area contributed by atoms with Crippen LogP contribution in [0.15, 0.2) is 53.7 Å². The van der Waals surface area contributed by atoms with E-state index < -0.39 is 0 Å². The van der Waals surface area contributed by atoms with Gasteiger partial charge >= 0.3 is 0 Å². The van der Waals surface area contributed by atoms with Gasteiger partial charge in [0.15, 0.2) is 5.96 Å². The molecule has 8 heteroatoms. The Morgan fingerprint density at radius 1 is 1.33 bits per heavy atom. The minimum Gasteiger partial charge on any atom is -0.369 e. The van der Waals surface area contributed by atoms with E-state index in [1.54, 1.807) is 18.1 Å². The zero-order valence-electron chi connectivity index (χ0n) is 17.5. The van der Waals surface area contributed by atoms with Crippen LogP contribution in [0.25, 0.3) is 0 Å². The Morgan fingerprint density at radius 3 is 2.93 bits per heavy atom. The number of benzene rings is 1. The van der Waals surface area contributed by atoms with E-state index in [4.69, 9.17) is 11.6 Å². The Bertz CT molecular complexity index is 860. The smallest absolute Gasteiger partial charge is 0.241 e. The van der Waals surface area contributed by atoms with Gasteiger partial charge in [0.25, 0.3) is 0 Å². The fraction of sp³-hybridized carbons (Fsp3) is 0.409. The highest BCUT2D eigenvalue weighted by Gasteiger charge is 2.23. The quantitative estimate of drug-likeness (QED) is 0.522. The van der Waals surface area contributed by atoms with Crippen molar-refractivity contribution in [1.29, 1.82) is 0 Å². The largest absolute Gasteiger partial charge is 0.369 e. The normalized spacial score (nSPS) is 16.4. The van der Waals surface area contributed by atoms with Crippen LogP contribution >= 0.6 is 11.6 Å². The highest BCUT2D eigenvalue weighted by atomic mass is 35.5. The number of likely N-dealkylation sites (N-methyl/N-ethyl adjacent to an activating group) is 1. The summed E-state index contributed by atoms with van der Waals surface area (Å²) in [4.78, 5) is 25.0. The molecule has 0 aliphatic carbocycles. The van der Waals surface area contributed by atoms with Gasteiger partial charge in [-0.3, -0.25) is 14.8 Å².